The maximum absolute atomic E-state index is 6.02. The summed E-state index contributed by atoms with van der Waals surface area (Å²) >= 11 is 6.02. The number of benzene rings is 1. The number of aryl methyl sites for hydroxylation is 1. The molecule has 1 unspecified atom stereocenters. The second kappa shape index (κ2) is 6.73. The first-order chi connectivity index (χ1) is 9.65. The van der Waals surface area contributed by atoms with Gasteiger partial charge in [-0.15, -0.1) is 0 Å². The molecule has 0 bridgehead atoms. The summed E-state index contributed by atoms with van der Waals surface area (Å²) in [7, 11) is 3.60. The van der Waals surface area contributed by atoms with E-state index < -0.39 is 0 Å². The largest absolute Gasteiger partial charge is 0.496 e. The molecule has 1 aromatic carbocycles. The molecular weight excluding hydrogens is 272 g/mol. The van der Waals surface area contributed by atoms with Gasteiger partial charge >= 0.3 is 0 Å². The number of likely N-dealkylation sites (N-methyl/N-ethyl adjacent to an activating group) is 1. The zero-order valence-corrected chi connectivity index (χ0v) is 12.7. The molecule has 1 atom stereocenters. The van der Waals surface area contributed by atoms with Gasteiger partial charge in [0.25, 0.3) is 0 Å². The van der Waals surface area contributed by atoms with Gasteiger partial charge in [-0.2, -0.15) is 0 Å². The highest BCUT2D eigenvalue weighted by atomic mass is 35.5. The number of methoxy groups -OCH3 is 1. The number of hydrogen-bond acceptors (Lipinski definition) is 3. The summed E-state index contributed by atoms with van der Waals surface area (Å²) in [5, 5.41) is 4.00. The maximum Gasteiger partial charge on any atom is 0.125 e. The number of hydrogen-bond donors (Lipinski definition) is 1. The highest BCUT2D eigenvalue weighted by Crippen LogP contribution is 2.30. The van der Waals surface area contributed by atoms with E-state index in [2.05, 4.69) is 23.3 Å². The van der Waals surface area contributed by atoms with E-state index in [0.29, 0.717) is 5.02 Å². The summed E-state index contributed by atoms with van der Waals surface area (Å²) in [6.45, 7) is 2.08. The highest BCUT2D eigenvalue weighted by Gasteiger charge is 2.16. The van der Waals surface area contributed by atoms with Crippen LogP contribution >= 0.6 is 11.6 Å². The molecule has 1 aromatic heterocycles. The summed E-state index contributed by atoms with van der Waals surface area (Å²) in [4.78, 5) is 4.46. The molecule has 2 rings (SSSR count). The predicted molar refractivity (Wildman–Crippen MR) is 82.5 cm³/mol. The molecule has 0 saturated heterocycles. The Kier molecular flexibility index (Phi) is 4.99. The van der Waals surface area contributed by atoms with Crippen molar-refractivity contribution in [3.05, 3.63) is 58.4 Å². The monoisotopic (exact) mass is 290 g/mol. The van der Waals surface area contributed by atoms with Gasteiger partial charge in [-0.25, -0.2) is 0 Å². The van der Waals surface area contributed by atoms with Crippen LogP contribution in [0.3, 0.4) is 0 Å². The summed E-state index contributed by atoms with van der Waals surface area (Å²) in [5.41, 5.74) is 3.37. The number of aromatic nitrogens is 1. The van der Waals surface area contributed by atoms with Gasteiger partial charge < -0.3 is 10.1 Å². The van der Waals surface area contributed by atoms with Crippen molar-refractivity contribution >= 4 is 11.6 Å². The Morgan fingerprint density at radius 1 is 1.35 bits per heavy atom. The highest BCUT2D eigenvalue weighted by molar-refractivity contribution is 6.30. The van der Waals surface area contributed by atoms with Crippen LogP contribution in [0.4, 0.5) is 0 Å². The molecule has 0 spiro atoms. The van der Waals surface area contributed by atoms with E-state index in [9.17, 15) is 0 Å². The van der Waals surface area contributed by atoms with Gasteiger partial charge in [0.05, 0.1) is 7.11 Å². The van der Waals surface area contributed by atoms with Crippen LogP contribution in [-0.4, -0.2) is 19.1 Å². The third-order valence-corrected chi connectivity index (χ3v) is 3.67. The molecule has 0 aliphatic rings. The number of pyridine rings is 1. The van der Waals surface area contributed by atoms with E-state index in [1.54, 1.807) is 7.11 Å². The normalized spacial score (nSPS) is 12.2. The third kappa shape index (κ3) is 3.30. The Labute approximate surface area is 124 Å². The van der Waals surface area contributed by atoms with Gasteiger partial charge in [-0.3, -0.25) is 4.98 Å². The van der Waals surface area contributed by atoms with Gasteiger partial charge in [0.2, 0.25) is 0 Å². The first-order valence-electron chi connectivity index (χ1n) is 6.57. The molecule has 20 heavy (non-hydrogen) atoms. The van der Waals surface area contributed by atoms with E-state index in [1.165, 1.54) is 5.56 Å². The number of ether oxygens (including phenoxy) is 1. The number of halogens is 1. The molecule has 0 aliphatic carbocycles. The lowest BCUT2D eigenvalue weighted by Gasteiger charge is -2.20. The fraction of sp³-hybridized carbons (Fsp3) is 0.312. The summed E-state index contributed by atoms with van der Waals surface area (Å²) in [6.07, 6.45) is 2.63. The van der Waals surface area contributed by atoms with Crippen molar-refractivity contribution in [2.24, 2.45) is 0 Å². The average Bonchev–Trinajstić information content (AvgIpc) is 2.46. The van der Waals surface area contributed by atoms with E-state index in [1.807, 2.05) is 37.5 Å². The lowest BCUT2D eigenvalue weighted by atomic mass is 9.99. The zero-order chi connectivity index (χ0) is 14.5. The van der Waals surface area contributed by atoms with Gasteiger partial charge in [-0.05, 0) is 37.7 Å². The van der Waals surface area contributed by atoms with Crippen molar-refractivity contribution in [2.45, 2.75) is 19.4 Å². The van der Waals surface area contributed by atoms with Crippen molar-refractivity contribution < 1.29 is 4.74 Å². The zero-order valence-electron chi connectivity index (χ0n) is 12.0. The first-order valence-corrected chi connectivity index (χ1v) is 6.94. The Hall–Kier alpha value is -1.58. The Balaban J connectivity index is 2.31. The van der Waals surface area contributed by atoms with Gasteiger partial charge in [0, 0.05) is 34.9 Å². The molecule has 1 N–H and O–H groups in total. The van der Waals surface area contributed by atoms with Crippen molar-refractivity contribution in [3.63, 3.8) is 0 Å². The van der Waals surface area contributed by atoms with E-state index >= 15 is 0 Å². The van der Waals surface area contributed by atoms with Crippen LogP contribution in [0.25, 0.3) is 0 Å². The first kappa shape index (κ1) is 14.8. The van der Waals surface area contributed by atoms with Crippen LogP contribution in [0.1, 0.15) is 22.9 Å². The molecule has 0 amide bonds. The van der Waals surface area contributed by atoms with Crippen LogP contribution < -0.4 is 10.1 Å². The Morgan fingerprint density at radius 2 is 2.15 bits per heavy atom. The molecular formula is C16H19ClN2O. The van der Waals surface area contributed by atoms with Crippen molar-refractivity contribution in [1.82, 2.24) is 10.3 Å². The average molecular weight is 291 g/mol. The Morgan fingerprint density at radius 3 is 2.80 bits per heavy atom. The predicted octanol–water partition coefficient (Wildman–Crippen LogP) is 3.56. The second-order valence-electron chi connectivity index (χ2n) is 4.70. The summed E-state index contributed by atoms with van der Waals surface area (Å²) in [6, 6.07) is 9.89. The van der Waals surface area contributed by atoms with E-state index in [-0.39, 0.29) is 6.04 Å². The molecule has 4 heteroatoms. The quantitative estimate of drug-likeness (QED) is 0.914. The standard InChI is InChI=1S/C16H19ClN2O/c1-11-5-4-8-19-14(11)10-15(18-2)13-7-6-12(17)9-16(13)20-3/h4-9,15,18H,10H2,1-3H3. The topological polar surface area (TPSA) is 34.2 Å². The Bertz CT molecular complexity index is 586. The van der Waals surface area contributed by atoms with E-state index in [4.69, 9.17) is 16.3 Å². The number of nitrogens with zero attached hydrogens (tertiary/aromatic N) is 1. The van der Waals surface area contributed by atoms with Crippen molar-refractivity contribution in [3.8, 4) is 5.75 Å². The molecule has 0 fully saturated rings. The lowest BCUT2D eigenvalue weighted by Crippen LogP contribution is -2.20. The smallest absolute Gasteiger partial charge is 0.125 e. The third-order valence-electron chi connectivity index (χ3n) is 3.43. The van der Waals surface area contributed by atoms with Gasteiger partial charge in [0.1, 0.15) is 5.75 Å². The molecule has 0 radical (unpaired) electrons. The molecule has 0 aliphatic heterocycles. The second-order valence-corrected chi connectivity index (χ2v) is 5.14. The van der Waals surface area contributed by atoms with Crippen LogP contribution in [0.5, 0.6) is 5.75 Å². The lowest BCUT2D eigenvalue weighted by molar-refractivity contribution is 0.401. The van der Waals surface area contributed by atoms with Gasteiger partial charge in [0.15, 0.2) is 0 Å². The van der Waals surface area contributed by atoms with Crippen molar-refractivity contribution in [1.29, 1.82) is 0 Å². The minimum atomic E-state index is 0.135. The van der Waals surface area contributed by atoms with Crippen LogP contribution in [0.15, 0.2) is 36.5 Å². The SMILES string of the molecule is CNC(Cc1ncccc1C)c1ccc(Cl)cc1OC. The summed E-state index contributed by atoms with van der Waals surface area (Å²) in [5.74, 6) is 0.797. The van der Waals surface area contributed by atoms with Crippen molar-refractivity contribution in [2.75, 3.05) is 14.2 Å². The number of nitrogens with one attached hydrogen (secondary N) is 1. The number of rotatable bonds is 5. The van der Waals surface area contributed by atoms with Crippen LogP contribution in [0.2, 0.25) is 5.02 Å². The van der Waals surface area contributed by atoms with E-state index in [0.717, 1.165) is 23.4 Å². The molecule has 2 aromatic rings. The fourth-order valence-electron chi connectivity index (χ4n) is 2.27. The van der Waals surface area contributed by atoms with Gasteiger partial charge in [-0.1, -0.05) is 23.7 Å². The molecule has 0 saturated carbocycles. The minimum absolute atomic E-state index is 0.135. The minimum Gasteiger partial charge on any atom is -0.496 e. The molecule has 106 valence electrons. The maximum atomic E-state index is 6.02. The van der Waals surface area contributed by atoms with Crippen LogP contribution in [-0.2, 0) is 6.42 Å². The van der Waals surface area contributed by atoms with Crippen LogP contribution in [0, 0.1) is 6.92 Å². The fourth-order valence-corrected chi connectivity index (χ4v) is 2.43. The summed E-state index contributed by atoms with van der Waals surface area (Å²) < 4.78 is 5.43. The molecule has 3 nitrogen and oxygen atoms in total. The molecule has 1 heterocycles.